The SMILES string of the molecule is CCCCC(CC)COP(=O)(O)OCC(CC)CCCC.CCCCC(CC)COP(=O)(O)OCC(CC)CCCC.NCCN. The topological polar surface area (TPSA) is 164 Å². The zero-order chi connectivity index (χ0) is 35.7. The molecule has 0 bridgehead atoms. The molecule has 10 nitrogen and oxygen atoms in total. The van der Waals surface area contributed by atoms with E-state index in [1.165, 1.54) is 0 Å². The van der Waals surface area contributed by atoms with E-state index in [9.17, 15) is 18.9 Å². The van der Waals surface area contributed by atoms with Crippen LogP contribution in [-0.4, -0.2) is 49.3 Å². The molecule has 6 N–H and O–H groups in total. The van der Waals surface area contributed by atoms with Crippen LogP contribution in [0.2, 0.25) is 0 Å². The van der Waals surface area contributed by atoms with E-state index in [1.807, 2.05) is 0 Å². The molecule has 0 aromatic rings. The van der Waals surface area contributed by atoms with E-state index in [4.69, 9.17) is 29.6 Å². The minimum absolute atomic E-state index is 0.316. The van der Waals surface area contributed by atoms with Crippen molar-refractivity contribution in [1.82, 2.24) is 0 Å². The summed E-state index contributed by atoms with van der Waals surface area (Å²) < 4.78 is 44.5. The molecule has 0 amide bonds. The second-order valence-corrected chi connectivity index (χ2v) is 15.3. The van der Waals surface area contributed by atoms with E-state index in [2.05, 4.69) is 55.4 Å². The maximum absolute atomic E-state index is 11.9. The maximum Gasteiger partial charge on any atom is 0.472 e. The van der Waals surface area contributed by atoms with Crippen LogP contribution in [0.25, 0.3) is 0 Å². The minimum atomic E-state index is -3.89. The molecule has 0 rings (SSSR count). The average Bonchev–Trinajstić information content (AvgIpc) is 3.05. The Morgan fingerprint density at radius 3 is 0.783 bits per heavy atom. The van der Waals surface area contributed by atoms with Gasteiger partial charge in [-0.05, 0) is 49.4 Å². The summed E-state index contributed by atoms with van der Waals surface area (Å²) in [6.07, 6.45) is 17.1. The van der Waals surface area contributed by atoms with Crippen LogP contribution >= 0.6 is 15.6 Å². The Bertz CT molecular complexity index is 615. The lowest BCUT2D eigenvalue weighted by Crippen LogP contribution is -2.12. The van der Waals surface area contributed by atoms with E-state index in [0.717, 1.165) is 103 Å². The lowest BCUT2D eigenvalue weighted by molar-refractivity contribution is 0.109. The molecule has 0 aliphatic rings. The smallest absolute Gasteiger partial charge is 0.329 e. The Kier molecular flexibility index (Phi) is 38.4. The highest BCUT2D eigenvalue weighted by molar-refractivity contribution is 7.47. The first-order chi connectivity index (χ1) is 21.9. The third-order valence-electron chi connectivity index (χ3n) is 8.23. The van der Waals surface area contributed by atoms with Gasteiger partial charge in [-0.25, -0.2) is 9.13 Å². The Labute approximate surface area is 285 Å². The van der Waals surface area contributed by atoms with Crippen LogP contribution in [0.5, 0.6) is 0 Å². The molecule has 46 heavy (non-hydrogen) atoms. The largest absolute Gasteiger partial charge is 0.472 e. The second kappa shape index (κ2) is 35.0. The van der Waals surface area contributed by atoms with E-state index in [1.54, 1.807) is 0 Å². The van der Waals surface area contributed by atoms with Crippen LogP contribution in [0.3, 0.4) is 0 Å². The van der Waals surface area contributed by atoms with Gasteiger partial charge in [-0.1, -0.05) is 132 Å². The molecule has 0 spiro atoms. The molecule has 0 aromatic carbocycles. The molecule has 0 aliphatic heterocycles. The van der Waals surface area contributed by atoms with Crippen LogP contribution in [0, 0.1) is 23.7 Å². The van der Waals surface area contributed by atoms with Gasteiger partial charge in [0.25, 0.3) is 0 Å². The van der Waals surface area contributed by atoms with E-state index < -0.39 is 15.6 Å². The Balaban J connectivity index is -0.000000719. The molecule has 12 heteroatoms. The molecule has 0 heterocycles. The van der Waals surface area contributed by atoms with Gasteiger partial charge in [0.05, 0.1) is 26.4 Å². The van der Waals surface area contributed by atoms with Crippen molar-refractivity contribution in [3.8, 4) is 0 Å². The van der Waals surface area contributed by atoms with Gasteiger partial charge in [-0.2, -0.15) is 0 Å². The van der Waals surface area contributed by atoms with E-state index >= 15 is 0 Å². The van der Waals surface area contributed by atoms with Crippen LogP contribution in [0.1, 0.15) is 158 Å². The molecular formula is C34H78N2O8P2. The van der Waals surface area contributed by atoms with Crippen LogP contribution < -0.4 is 11.5 Å². The van der Waals surface area contributed by atoms with Gasteiger partial charge in [-0.3, -0.25) is 18.1 Å². The van der Waals surface area contributed by atoms with Gasteiger partial charge in [-0.15, -0.1) is 0 Å². The molecule has 4 atom stereocenters. The lowest BCUT2D eigenvalue weighted by atomic mass is 10.0. The Morgan fingerprint density at radius 2 is 0.652 bits per heavy atom. The first kappa shape index (κ1) is 50.5. The Hall–Kier alpha value is 0.140. The van der Waals surface area contributed by atoms with Gasteiger partial charge >= 0.3 is 15.6 Å². The van der Waals surface area contributed by atoms with E-state index in [0.29, 0.717) is 63.2 Å². The van der Waals surface area contributed by atoms with Crippen molar-refractivity contribution in [2.45, 2.75) is 158 Å². The summed E-state index contributed by atoms with van der Waals surface area (Å²) in [5.41, 5.74) is 9.81. The van der Waals surface area contributed by atoms with Crippen molar-refractivity contribution in [3.63, 3.8) is 0 Å². The summed E-state index contributed by atoms with van der Waals surface area (Å²) in [5.74, 6) is 1.37. The molecule has 4 unspecified atom stereocenters. The fourth-order valence-electron chi connectivity index (χ4n) is 4.47. The van der Waals surface area contributed by atoms with Gasteiger partial charge in [0.1, 0.15) is 0 Å². The van der Waals surface area contributed by atoms with Gasteiger partial charge in [0, 0.05) is 13.1 Å². The monoisotopic (exact) mass is 705 g/mol. The molecule has 0 radical (unpaired) electrons. The number of unbranched alkanes of at least 4 members (excludes halogenated alkanes) is 4. The molecule has 282 valence electrons. The third-order valence-corrected chi connectivity index (χ3v) is 10.1. The summed E-state index contributed by atoms with van der Waals surface area (Å²) in [6.45, 7) is 19.4. The highest BCUT2D eigenvalue weighted by Crippen LogP contribution is 2.45. The molecule has 0 saturated carbocycles. The third kappa shape index (κ3) is 34.0. The van der Waals surface area contributed by atoms with Crippen molar-refractivity contribution in [2.75, 3.05) is 39.5 Å². The van der Waals surface area contributed by atoms with E-state index in [-0.39, 0.29) is 0 Å². The quantitative estimate of drug-likeness (QED) is 0.0551. The number of phosphoric ester groups is 2. The van der Waals surface area contributed by atoms with Gasteiger partial charge in [0.15, 0.2) is 0 Å². The van der Waals surface area contributed by atoms with Crippen molar-refractivity contribution >= 4 is 15.6 Å². The minimum Gasteiger partial charge on any atom is -0.329 e. The normalized spacial score (nSPS) is 16.5. The van der Waals surface area contributed by atoms with Crippen molar-refractivity contribution in [1.29, 1.82) is 0 Å². The first-order valence-electron chi connectivity index (χ1n) is 18.5. The number of rotatable bonds is 29. The Morgan fingerprint density at radius 1 is 0.457 bits per heavy atom. The van der Waals surface area contributed by atoms with Crippen LogP contribution in [0.4, 0.5) is 0 Å². The number of hydrogen-bond acceptors (Lipinski definition) is 8. The number of phosphoric acid groups is 2. The molecule has 0 fully saturated rings. The fraction of sp³-hybridized carbons (Fsp3) is 1.00. The van der Waals surface area contributed by atoms with Crippen LogP contribution in [0.15, 0.2) is 0 Å². The zero-order valence-corrected chi connectivity index (χ0v) is 33.0. The molecular weight excluding hydrogens is 626 g/mol. The van der Waals surface area contributed by atoms with Crippen LogP contribution in [-0.2, 0) is 27.2 Å². The fourth-order valence-corrected chi connectivity index (χ4v) is 6.21. The highest BCUT2D eigenvalue weighted by Gasteiger charge is 2.25. The summed E-state index contributed by atoms with van der Waals surface area (Å²) in [6, 6.07) is 0. The second-order valence-electron chi connectivity index (χ2n) is 12.4. The molecule has 0 aliphatic carbocycles. The predicted octanol–water partition coefficient (Wildman–Crippen LogP) is 10.0. The maximum atomic E-state index is 11.9. The zero-order valence-electron chi connectivity index (χ0n) is 31.3. The lowest BCUT2D eigenvalue weighted by Gasteiger charge is -2.20. The average molecular weight is 705 g/mol. The summed E-state index contributed by atoms with van der Waals surface area (Å²) >= 11 is 0. The predicted molar refractivity (Wildman–Crippen MR) is 195 cm³/mol. The van der Waals surface area contributed by atoms with Crippen molar-refractivity contribution in [2.24, 2.45) is 35.1 Å². The molecule has 0 aromatic heterocycles. The number of nitrogens with two attached hydrogens (primary N) is 2. The number of hydrogen-bond donors (Lipinski definition) is 4. The molecule has 0 saturated heterocycles. The summed E-state index contributed by atoms with van der Waals surface area (Å²) in [7, 11) is -7.78. The summed E-state index contributed by atoms with van der Waals surface area (Å²) in [4.78, 5) is 19.5. The summed E-state index contributed by atoms with van der Waals surface area (Å²) in [5, 5.41) is 0. The van der Waals surface area contributed by atoms with Crippen molar-refractivity contribution in [3.05, 3.63) is 0 Å². The van der Waals surface area contributed by atoms with Crippen molar-refractivity contribution < 1.29 is 37.0 Å². The van der Waals surface area contributed by atoms with Gasteiger partial charge in [0.2, 0.25) is 0 Å². The standard InChI is InChI=1S/2C16H35O4P.C2H8N2/c2*1-5-9-11-15(7-3)13-19-21(17,18)20-14-16(8-4)12-10-6-2;3-1-2-4/h2*15-16H,5-14H2,1-4H3,(H,17,18);1-4H2. The van der Waals surface area contributed by atoms with Gasteiger partial charge < -0.3 is 21.3 Å². The highest BCUT2D eigenvalue weighted by atomic mass is 31.2. The first-order valence-corrected chi connectivity index (χ1v) is 21.5.